The predicted octanol–water partition coefficient (Wildman–Crippen LogP) is 7.07. The highest BCUT2D eigenvalue weighted by Gasteiger charge is 2.40. The van der Waals surface area contributed by atoms with Gasteiger partial charge >= 0.3 is 5.97 Å². The molecular formula is C30H36FNO6. The van der Waals surface area contributed by atoms with Gasteiger partial charge in [0.1, 0.15) is 30.0 Å². The molecule has 4 rings (SSSR count). The number of hydrogen-bond donors (Lipinski definition) is 1. The van der Waals surface area contributed by atoms with Crippen molar-refractivity contribution in [1.29, 1.82) is 0 Å². The summed E-state index contributed by atoms with van der Waals surface area (Å²) in [6.07, 6.45) is 3.08. The zero-order valence-corrected chi connectivity index (χ0v) is 22.7. The number of aryl methyl sites for hydroxylation is 1. The molecule has 0 unspecified atom stereocenters. The van der Waals surface area contributed by atoms with Crippen LogP contribution >= 0.6 is 0 Å². The number of ether oxygens (including phenoxy) is 3. The van der Waals surface area contributed by atoms with Crippen molar-refractivity contribution in [3.8, 4) is 28.6 Å². The maximum atomic E-state index is 15.0. The number of nitrogens with zero attached hydrogens (tertiary/aromatic N) is 1. The Kier molecular flexibility index (Phi) is 7.99. The molecule has 38 heavy (non-hydrogen) atoms. The SMILES string of the molecule is COc1ccc(F)c(-c2onc(COc3cccc(CCC(=O)O)c3)c2OC2CC(C)(C)CC(C)(C)C2)c1. The predicted molar refractivity (Wildman–Crippen MR) is 141 cm³/mol. The first-order chi connectivity index (χ1) is 17.9. The number of aliphatic carboxylic acids is 1. The van der Waals surface area contributed by atoms with E-state index in [9.17, 15) is 9.18 Å². The Hall–Kier alpha value is -3.55. The van der Waals surface area contributed by atoms with Crippen LogP contribution in [-0.4, -0.2) is 29.4 Å². The van der Waals surface area contributed by atoms with Crippen LogP contribution in [-0.2, 0) is 17.8 Å². The van der Waals surface area contributed by atoms with E-state index in [4.69, 9.17) is 23.8 Å². The largest absolute Gasteiger partial charge is 0.497 e. The van der Waals surface area contributed by atoms with Crippen molar-refractivity contribution in [3.63, 3.8) is 0 Å². The van der Waals surface area contributed by atoms with Crippen molar-refractivity contribution in [2.45, 2.75) is 72.5 Å². The molecular weight excluding hydrogens is 489 g/mol. The number of rotatable bonds is 10. The summed E-state index contributed by atoms with van der Waals surface area (Å²) >= 11 is 0. The molecule has 1 saturated carbocycles. The van der Waals surface area contributed by atoms with Gasteiger partial charge in [0.2, 0.25) is 5.76 Å². The Balaban J connectivity index is 1.64. The number of methoxy groups -OCH3 is 1. The molecule has 0 radical (unpaired) electrons. The van der Waals surface area contributed by atoms with E-state index in [0.717, 1.165) is 24.8 Å². The Morgan fingerprint density at radius 1 is 1.11 bits per heavy atom. The first kappa shape index (κ1) is 27.5. The minimum atomic E-state index is -0.855. The Morgan fingerprint density at radius 3 is 2.53 bits per heavy atom. The molecule has 1 fully saturated rings. The van der Waals surface area contributed by atoms with Gasteiger partial charge in [0, 0.05) is 6.42 Å². The van der Waals surface area contributed by atoms with Gasteiger partial charge in [0.05, 0.1) is 12.7 Å². The molecule has 8 heteroatoms. The second-order valence-corrected chi connectivity index (χ2v) is 11.6. The van der Waals surface area contributed by atoms with Gasteiger partial charge in [-0.2, -0.15) is 0 Å². The monoisotopic (exact) mass is 525 g/mol. The zero-order valence-electron chi connectivity index (χ0n) is 22.7. The van der Waals surface area contributed by atoms with Crippen molar-refractivity contribution in [2.24, 2.45) is 10.8 Å². The third-order valence-corrected chi connectivity index (χ3v) is 6.84. The molecule has 0 bridgehead atoms. The number of carbonyl (C=O) groups is 1. The van der Waals surface area contributed by atoms with Crippen LogP contribution in [0, 0.1) is 16.6 Å². The summed E-state index contributed by atoms with van der Waals surface area (Å²) in [6, 6.07) is 11.7. The first-order valence-corrected chi connectivity index (χ1v) is 12.9. The highest BCUT2D eigenvalue weighted by Crippen LogP contribution is 2.48. The second-order valence-electron chi connectivity index (χ2n) is 11.6. The summed E-state index contributed by atoms with van der Waals surface area (Å²) in [4.78, 5) is 10.9. The average molecular weight is 526 g/mol. The van der Waals surface area contributed by atoms with Gasteiger partial charge < -0.3 is 23.8 Å². The maximum absolute atomic E-state index is 15.0. The number of aromatic nitrogens is 1. The van der Waals surface area contributed by atoms with Crippen molar-refractivity contribution < 1.29 is 33.0 Å². The minimum absolute atomic E-state index is 0.0340. The van der Waals surface area contributed by atoms with Gasteiger partial charge in [-0.15, -0.1) is 0 Å². The summed E-state index contributed by atoms with van der Waals surface area (Å²) in [7, 11) is 1.52. The summed E-state index contributed by atoms with van der Waals surface area (Å²) < 4.78 is 38.5. The number of carboxylic acid groups (broad SMARTS) is 1. The fraction of sp³-hybridized carbons (Fsp3) is 0.467. The van der Waals surface area contributed by atoms with E-state index >= 15 is 0 Å². The highest BCUT2D eigenvalue weighted by atomic mass is 19.1. The molecule has 3 aromatic rings. The van der Waals surface area contributed by atoms with Crippen molar-refractivity contribution in [2.75, 3.05) is 7.11 Å². The van der Waals surface area contributed by atoms with Crippen LogP contribution in [0.5, 0.6) is 17.2 Å². The third kappa shape index (κ3) is 6.85. The second kappa shape index (κ2) is 11.1. The Bertz CT molecular complexity index is 1270. The quantitative estimate of drug-likeness (QED) is 0.303. The fourth-order valence-electron chi connectivity index (χ4n) is 5.69. The molecule has 1 aromatic heterocycles. The molecule has 2 aromatic carbocycles. The molecule has 0 atom stereocenters. The topological polar surface area (TPSA) is 91.0 Å². The standard InChI is InChI=1S/C30H36FNO6/c1-29(2)15-22(16-30(3,4)18-29)37-28-25(17-36-21-8-6-7-19(13-21)9-12-26(33)34)32-38-27(28)23-14-20(35-5)10-11-24(23)31/h6-8,10-11,13-14,22H,9,12,15-18H2,1-5H3,(H,33,34). The van der Waals surface area contributed by atoms with Gasteiger partial charge in [0.15, 0.2) is 11.4 Å². The number of halogens is 1. The first-order valence-electron chi connectivity index (χ1n) is 12.9. The van der Waals surface area contributed by atoms with Gasteiger partial charge in [-0.05, 0) is 72.4 Å². The Morgan fingerprint density at radius 2 is 1.84 bits per heavy atom. The van der Waals surface area contributed by atoms with Crippen LogP contribution in [0.1, 0.15) is 64.6 Å². The lowest BCUT2D eigenvalue weighted by Gasteiger charge is -2.44. The van der Waals surface area contributed by atoms with Crippen molar-refractivity contribution in [3.05, 3.63) is 59.5 Å². The van der Waals surface area contributed by atoms with Crippen LogP contribution in [0.3, 0.4) is 0 Å². The van der Waals surface area contributed by atoms with Crippen LogP contribution in [0.2, 0.25) is 0 Å². The third-order valence-electron chi connectivity index (χ3n) is 6.84. The van der Waals surface area contributed by atoms with E-state index in [1.54, 1.807) is 24.3 Å². The zero-order chi connectivity index (χ0) is 27.5. The van der Waals surface area contributed by atoms with Gasteiger partial charge in [-0.25, -0.2) is 4.39 Å². The van der Waals surface area contributed by atoms with Crippen molar-refractivity contribution >= 4 is 5.97 Å². The highest BCUT2D eigenvalue weighted by molar-refractivity contribution is 5.68. The van der Waals surface area contributed by atoms with Gasteiger partial charge in [0.25, 0.3) is 0 Å². The fourth-order valence-corrected chi connectivity index (χ4v) is 5.69. The molecule has 7 nitrogen and oxygen atoms in total. The summed E-state index contributed by atoms with van der Waals surface area (Å²) in [5.41, 5.74) is 1.63. The van der Waals surface area contributed by atoms with E-state index in [0.29, 0.717) is 29.4 Å². The molecule has 1 N–H and O–H groups in total. The number of carboxylic acids is 1. The van der Waals surface area contributed by atoms with E-state index in [-0.39, 0.29) is 41.3 Å². The summed E-state index contributed by atoms with van der Waals surface area (Å²) in [5, 5.41) is 13.2. The van der Waals surface area contributed by atoms with Crippen molar-refractivity contribution in [1.82, 2.24) is 5.16 Å². The molecule has 1 aliphatic rings. The van der Waals surface area contributed by atoms with E-state index in [1.807, 2.05) is 12.1 Å². The molecule has 0 saturated heterocycles. The van der Waals surface area contributed by atoms with E-state index in [2.05, 4.69) is 32.9 Å². The summed E-state index contributed by atoms with van der Waals surface area (Å²) in [6.45, 7) is 8.99. The molecule has 204 valence electrons. The minimum Gasteiger partial charge on any atom is -0.497 e. The molecule has 0 spiro atoms. The normalized spacial score (nSPS) is 16.7. The Labute approximate surface area is 222 Å². The lowest BCUT2D eigenvalue weighted by Crippen LogP contribution is -2.39. The van der Waals surface area contributed by atoms with Crippen LogP contribution < -0.4 is 14.2 Å². The van der Waals surface area contributed by atoms with Crippen LogP contribution in [0.4, 0.5) is 4.39 Å². The molecule has 0 aliphatic heterocycles. The lowest BCUT2D eigenvalue weighted by atomic mass is 9.64. The lowest BCUT2D eigenvalue weighted by molar-refractivity contribution is -0.136. The maximum Gasteiger partial charge on any atom is 0.303 e. The molecule has 1 aliphatic carbocycles. The van der Waals surface area contributed by atoms with Crippen LogP contribution in [0.15, 0.2) is 47.0 Å². The smallest absolute Gasteiger partial charge is 0.303 e. The molecule has 1 heterocycles. The van der Waals surface area contributed by atoms with Crippen LogP contribution in [0.25, 0.3) is 11.3 Å². The average Bonchev–Trinajstić information content (AvgIpc) is 3.22. The number of hydrogen-bond acceptors (Lipinski definition) is 6. The van der Waals surface area contributed by atoms with E-state index in [1.165, 1.54) is 13.2 Å². The number of benzene rings is 2. The molecule has 0 amide bonds. The van der Waals surface area contributed by atoms with Gasteiger partial charge in [-0.1, -0.05) is 45.0 Å². The summed E-state index contributed by atoms with van der Waals surface area (Å²) in [5.74, 6) is 0.270. The van der Waals surface area contributed by atoms with E-state index < -0.39 is 11.8 Å². The van der Waals surface area contributed by atoms with Gasteiger partial charge in [-0.3, -0.25) is 4.79 Å².